The van der Waals surface area contributed by atoms with E-state index in [-0.39, 0.29) is 30.0 Å². The van der Waals surface area contributed by atoms with Crippen LogP contribution in [0, 0.1) is 19.7 Å². The van der Waals surface area contributed by atoms with E-state index in [1.54, 1.807) is 17.6 Å². The van der Waals surface area contributed by atoms with Gasteiger partial charge in [0, 0.05) is 43.7 Å². The fraction of sp³-hybridized carbons (Fsp3) is 0.633. The molecule has 220 valence electrons. The second-order valence-corrected chi connectivity index (χ2v) is 13.2. The summed E-state index contributed by atoms with van der Waals surface area (Å²) in [4.78, 5) is 13.8. The van der Waals surface area contributed by atoms with Gasteiger partial charge in [0.05, 0.1) is 16.9 Å². The molecule has 1 aliphatic heterocycles. The van der Waals surface area contributed by atoms with Crippen LogP contribution in [0.25, 0.3) is 5.69 Å². The molecule has 3 aromatic rings. The van der Waals surface area contributed by atoms with Gasteiger partial charge in [0.2, 0.25) is 5.89 Å². The molecule has 11 heteroatoms. The number of rotatable bonds is 7. The average molecular weight is 573 g/mol. The molecule has 0 radical (unpaired) electrons. The molecular formula is C30H36F4N6O. The van der Waals surface area contributed by atoms with E-state index < -0.39 is 17.4 Å². The first-order valence-corrected chi connectivity index (χ1v) is 14.7. The summed E-state index contributed by atoms with van der Waals surface area (Å²) < 4.78 is 65.1. The number of hydrogen-bond donors (Lipinski definition) is 0. The summed E-state index contributed by atoms with van der Waals surface area (Å²) in [5.74, 6) is 1.93. The van der Waals surface area contributed by atoms with E-state index in [2.05, 4.69) is 38.8 Å². The first-order chi connectivity index (χ1) is 19.4. The number of nitrogens with zero attached hydrogens (tertiary/aromatic N) is 6. The third-order valence-corrected chi connectivity index (χ3v) is 9.51. The highest BCUT2D eigenvalue weighted by Gasteiger charge is 2.66. The lowest BCUT2D eigenvalue weighted by Crippen LogP contribution is -2.59. The molecule has 0 spiro atoms. The first-order valence-electron chi connectivity index (χ1n) is 14.7. The van der Waals surface area contributed by atoms with Gasteiger partial charge in [0.1, 0.15) is 17.1 Å². The molecule has 0 amide bonds. The zero-order chi connectivity index (χ0) is 28.9. The highest BCUT2D eigenvalue weighted by Crippen LogP contribution is 2.60. The number of imidazole rings is 1. The number of halogens is 4. The van der Waals surface area contributed by atoms with E-state index in [1.165, 1.54) is 6.07 Å². The maximum atomic E-state index is 15.6. The first kappa shape index (κ1) is 26.9. The van der Waals surface area contributed by atoms with Crippen molar-refractivity contribution >= 4 is 5.95 Å². The predicted octanol–water partition coefficient (Wildman–Crippen LogP) is 6.46. The van der Waals surface area contributed by atoms with Crippen LogP contribution in [0.5, 0.6) is 0 Å². The van der Waals surface area contributed by atoms with Crippen molar-refractivity contribution in [1.29, 1.82) is 0 Å². The summed E-state index contributed by atoms with van der Waals surface area (Å²) in [5, 5.41) is 4.25. The number of aromatic nitrogens is 4. The zero-order valence-electron chi connectivity index (χ0n) is 24.0. The summed E-state index contributed by atoms with van der Waals surface area (Å²) in [7, 11) is 0. The number of benzene rings is 1. The van der Waals surface area contributed by atoms with Gasteiger partial charge in [-0.2, -0.15) is 18.2 Å². The summed E-state index contributed by atoms with van der Waals surface area (Å²) in [5.41, 5.74) is 0.331. The molecule has 3 saturated carbocycles. The SMILES string of the molecule is Cc1c(CN2CCN(c3noc(C4CC4)n3)C(C)(C)C2)ccc(F)c1-n1c(C2CC2)nc(C2(C(F)(F)F)CC2)c1C. The normalized spacial score (nSPS) is 22.4. The van der Waals surface area contributed by atoms with Crippen LogP contribution in [-0.2, 0) is 12.0 Å². The fourth-order valence-electron chi connectivity index (χ4n) is 6.64. The van der Waals surface area contributed by atoms with Gasteiger partial charge >= 0.3 is 6.18 Å². The number of piperazine rings is 1. The van der Waals surface area contributed by atoms with Gasteiger partial charge in [-0.1, -0.05) is 6.07 Å². The lowest BCUT2D eigenvalue weighted by Gasteiger charge is -2.46. The summed E-state index contributed by atoms with van der Waals surface area (Å²) in [6.45, 7) is 10.7. The Hall–Kier alpha value is -2.95. The second kappa shape index (κ2) is 9.02. The van der Waals surface area contributed by atoms with Crippen LogP contribution in [-0.4, -0.2) is 55.9 Å². The maximum Gasteiger partial charge on any atom is 0.400 e. The molecule has 3 aliphatic carbocycles. The quantitative estimate of drug-likeness (QED) is 0.303. The van der Waals surface area contributed by atoms with Crippen LogP contribution >= 0.6 is 0 Å². The molecule has 1 aromatic carbocycles. The third kappa shape index (κ3) is 4.46. The van der Waals surface area contributed by atoms with Gasteiger partial charge < -0.3 is 9.42 Å². The summed E-state index contributed by atoms with van der Waals surface area (Å²) in [6.07, 6.45) is -0.384. The van der Waals surface area contributed by atoms with Crippen molar-refractivity contribution in [3.8, 4) is 5.69 Å². The van der Waals surface area contributed by atoms with E-state index in [0.29, 0.717) is 35.6 Å². The zero-order valence-corrected chi connectivity index (χ0v) is 24.0. The monoisotopic (exact) mass is 572 g/mol. The minimum absolute atomic E-state index is 0.0352. The van der Waals surface area contributed by atoms with Crippen molar-refractivity contribution in [2.24, 2.45) is 0 Å². The minimum atomic E-state index is -4.37. The minimum Gasteiger partial charge on any atom is -0.337 e. The Morgan fingerprint density at radius 2 is 1.71 bits per heavy atom. The van der Waals surface area contributed by atoms with E-state index in [9.17, 15) is 13.2 Å². The van der Waals surface area contributed by atoms with E-state index in [1.807, 2.05) is 6.92 Å². The van der Waals surface area contributed by atoms with Crippen molar-refractivity contribution in [2.45, 2.75) is 102 Å². The molecule has 0 unspecified atom stereocenters. The fourth-order valence-corrected chi connectivity index (χ4v) is 6.64. The van der Waals surface area contributed by atoms with Gasteiger partial charge in [-0.25, -0.2) is 9.37 Å². The lowest BCUT2D eigenvalue weighted by molar-refractivity contribution is -0.161. The highest BCUT2D eigenvalue weighted by molar-refractivity contribution is 5.51. The molecule has 0 atom stereocenters. The molecule has 7 nitrogen and oxygen atoms in total. The Bertz CT molecular complexity index is 1500. The Kier molecular flexibility index (Phi) is 5.92. The average Bonchev–Trinajstić information content (AvgIpc) is 3.79. The van der Waals surface area contributed by atoms with Crippen LogP contribution in [0.15, 0.2) is 16.7 Å². The lowest BCUT2D eigenvalue weighted by atomic mass is 9.97. The second-order valence-electron chi connectivity index (χ2n) is 13.2. The van der Waals surface area contributed by atoms with E-state index in [4.69, 9.17) is 4.52 Å². The van der Waals surface area contributed by atoms with Gasteiger partial charge in [-0.3, -0.25) is 9.47 Å². The Balaban J connectivity index is 1.18. The van der Waals surface area contributed by atoms with E-state index >= 15 is 4.39 Å². The van der Waals surface area contributed by atoms with Crippen molar-refractivity contribution in [3.63, 3.8) is 0 Å². The molecular weight excluding hydrogens is 536 g/mol. The van der Waals surface area contributed by atoms with Crippen molar-refractivity contribution in [3.05, 3.63) is 52.2 Å². The largest absolute Gasteiger partial charge is 0.400 e. The topological polar surface area (TPSA) is 63.2 Å². The Morgan fingerprint density at radius 3 is 2.32 bits per heavy atom. The van der Waals surface area contributed by atoms with Gasteiger partial charge in [-0.05, 0) is 88.6 Å². The molecule has 4 fully saturated rings. The van der Waals surface area contributed by atoms with E-state index in [0.717, 1.165) is 62.3 Å². The number of anilines is 1. The molecule has 7 rings (SSSR count). The Labute approximate surface area is 236 Å². The van der Waals surface area contributed by atoms with Crippen LogP contribution in [0.3, 0.4) is 0 Å². The van der Waals surface area contributed by atoms with Crippen LogP contribution in [0.4, 0.5) is 23.5 Å². The Morgan fingerprint density at radius 1 is 1.00 bits per heavy atom. The predicted molar refractivity (Wildman–Crippen MR) is 145 cm³/mol. The molecule has 1 saturated heterocycles. The van der Waals surface area contributed by atoms with Crippen molar-refractivity contribution in [2.75, 3.05) is 24.5 Å². The van der Waals surface area contributed by atoms with Gasteiger partial charge in [-0.15, -0.1) is 0 Å². The summed E-state index contributed by atoms with van der Waals surface area (Å²) >= 11 is 0. The van der Waals surface area contributed by atoms with Crippen LogP contribution in [0.1, 0.15) is 98.4 Å². The smallest absolute Gasteiger partial charge is 0.337 e. The number of hydrogen-bond acceptors (Lipinski definition) is 6. The molecule has 3 heterocycles. The van der Waals surface area contributed by atoms with Crippen LogP contribution in [0.2, 0.25) is 0 Å². The molecule has 0 N–H and O–H groups in total. The molecule has 2 aromatic heterocycles. The maximum absolute atomic E-state index is 15.6. The standard InChI is InChI=1S/C30H36F4N6O/c1-17-21(15-38-13-14-39(28(3,4)16-38)27-36-26(41-37-27)20-7-8-20)9-10-22(31)23(17)40-18(2)24(35-25(40)19-5-6-19)29(11-12-29)30(32,33)34/h9-10,19-20H,5-8,11-16H2,1-4H3. The molecule has 0 bridgehead atoms. The summed E-state index contributed by atoms with van der Waals surface area (Å²) in [6, 6.07) is 3.25. The van der Waals surface area contributed by atoms with Gasteiger partial charge in [0.15, 0.2) is 0 Å². The third-order valence-electron chi connectivity index (χ3n) is 9.51. The van der Waals surface area contributed by atoms with Gasteiger partial charge in [0.25, 0.3) is 5.95 Å². The van der Waals surface area contributed by atoms with Crippen LogP contribution < -0.4 is 4.90 Å². The number of alkyl halides is 3. The molecule has 4 aliphatic rings. The highest BCUT2D eigenvalue weighted by atomic mass is 19.4. The van der Waals surface area contributed by atoms with Crippen molar-refractivity contribution < 1.29 is 22.1 Å². The van der Waals surface area contributed by atoms with Crippen molar-refractivity contribution in [1.82, 2.24) is 24.6 Å². The molecule has 41 heavy (non-hydrogen) atoms.